The molecule has 1 rings (SSSR count). The molecule has 24 heavy (non-hydrogen) atoms. The van der Waals surface area contributed by atoms with Gasteiger partial charge in [0.15, 0.2) is 0 Å². The monoisotopic (exact) mass is 350 g/mol. The van der Waals surface area contributed by atoms with Crippen LogP contribution >= 0.6 is 0 Å². The summed E-state index contributed by atoms with van der Waals surface area (Å²) in [4.78, 5) is 23.1. The van der Waals surface area contributed by atoms with Gasteiger partial charge in [-0.1, -0.05) is 62.5 Å². The molecule has 0 N–H and O–H groups in total. The largest absolute Gasteiger partial charge is 0.459 e. The van der Waals surface area contributed by atoms with E-state index in [0.29, 0.717) is 0 Å². The summed E-state index contributed by atoms with van der Waals surface area (Å²) in [6, 6.07) is 10.4. The van der Waals surface area contributed by atoms with Crippen LogP contribution in [0.15, 0.2) is 30.3 Å². The van der Waals surface area contributed by atoms with E-state index in [1.54, 1.807) is 6.92 Å². The van der Waals surface area contributed by atoms with Crippen molar-refractivity contribution in [1.29, 1.82) is 0 Å². The molecule has 0 radical (unpaired) electrons. The number of esters is 2. The van der Waals surface area contributed by atoms with Crippen LogP contribution in [0.4, 0.5) is 0 Å². The van der Waals surface area contributed by atoms with Gasteiger partial charge in [-0.05, 0) is 12.8 Å². The highest BCUT2D eigenvalue weighted by Crippen LogP contribution is 2.37. The average molecular weight is 351 g/mol. The number of benzene rings is 1. The highest BCUT2D eigenvalue weighted by atomic mass is 28.3. The van der Waals surface area contributed by atoms with E-state index in [-0.39, 0.29) is 23.4 Å². The Labute approximate surface area is 146 Å². The molecule has 0 amide bonds. The molecule has 1 aromatic carbocycles. The summed E-state index contributed by atoms with van der Waals surface area (Å²) < 4.78 is 11.0. The summed E-state index contributed by atoms with van der Waals surface area (Å²) in [5, 5.41) is 1.30. The molecule has 0 unspecified atom stereocenters. The van der Waals surface area contributed by atoms with Crippen molar-refractivity contribution in [3.8, 4) is 0 Å². The van der Waals surface area contributed by atoms with Gasteiger partial charge in [0.1, 0.15) is 12.2 Å². The minimum Gasteiger partial charge on any atom is -0.459 e. The molecule has 1 aromatic rings. The van der Waals surface area contributed by atoms with Gasteiger partial charge < -0.3 is 9.47 Å². The van der Waals surface area contributed by atoms with E-state index in [2.05, 4.69) is 39.1 Å². The van der Waals surface area contributed by atoms with Crippen molar-refractivity contribution in [2.75, 3.05) is 0 Å². The van der Waals surface area contributed by atoms with Crippen molar-refractivity contribution in [3.63, 3.8) is 0 Å². The van der Waals surface area contributed by atoms with Crippen molar-refractivity contribution < 1.29 is 19.1 Å². The van der Waals surface area contributed by atoms with Crippen LogP contribution in [-0.4, -0.2) is 32.2 Å². The Bertz CT molecular complexity index is 554. The van der Waals surface area contributed by atoms with Crippen LogP contribution in [0.25, 0.3) is 0 Å². The lowest BCUT2D eigenvalue weighted by atomic mass is 10.0. The van der Waals surface area contributed by atoms with E-state index in [0.717, 1.165) is 0 Å². The Hall–Kier alpha value is -1.62. The number of hydrogen-bond acceptors (Lipinski definition) is 4. The smallest absolute Gasteiger partial charge is 0.303 e. The Morgan fingerprint density at radius 1 is 0.917 bits per heavy atom. The Kier molecular flexibility index (Phi) is 7.20. The van der Waals surface area contributed by atoms with E-state index in [1.807, 2.05) is 18.2 Å². The van der Waals surface area contributed by atoms with Crippen molar-refractivity contribution in [1.82, 2.24) is 0 Å². The standard InChI is InChI=1S/C19H30O4Si/c1-13(2)19(24(6,7)17-11-9-8-10-12-17)18(23-16(5)21)14(3)22-15(4)20/h8-14,18-19H,1-7H3/t14-,18-,19+/m1/s1. The summed E-state index contributed by atoms with van der Waals surface area (Å²) in [7, 11) is -1.98. The molecule has 3 atom stereocenters. The SMILES string of the molecule is CC(=O)O[C@H]([C@@H](C)OC(C)=O)[C@H](C(C)C)[Si](C)(C)c1ccccc1. The molecule has 0 aliphatic heterocycles. The van der Waals surface area contributed by atoms with Gasteiger partial charge in [0, 0.05) is 19.4 Å². The molecule has 0 fully saturated rings. The topological polar surface area (TPSA) is 52.6 Å². The van der Waals surface area contributed by atoms with Crippen LogP contribution in [0.1, 0.15) is 34.6 Å². The summed E-state index contributed by atoms with van der Waals surface area (Å²) in [6.45, 7) is 13.4. The maximum absolute atomic E-state index is 11.7. The fraction of sp³-hybridized carbons (Fsp3) is 0.579. The Morgan fingerprint density at radius 2 is 1.42 bits per heavy atom. The van der Waals surface area contributed by atoms with Gasteiger partial charge in [0.2, 0.25) is 0 Å². The number of carbonyl (C=O) groups is 2. The zero-order valence-electron chi connectivity index (χ0n) is 15.8. The Balaban J connectivity index is 3.29. The van der Waals surface area contributed by atoms with Crippen molar-refractivity contribution in [2.45, 2.75) is 65.5 Å². The first-order valence-corrected chi connectivity index (χ1v) is 11.5. The van der Waals surface area contributed by atoms with Crippen molar-refractivity contribution >= 4 is 25.2 Å². The number of ether oxygens (including phenoxy) is 2. The van der Waals surface area contributed by atoms with Gasteiger partial charge >= 0.3 is 11.9 Å². The molecule has 0 aliphatic rings. The third kappa shape index (κ3) is 5.19. The maximum atomic E-state index is 11.7. The molecule has 0 aromatic heterocycles. The molecule has 0 spiro atoms. The lowest BCUT2D eigenvalue weighted by Gasteiger charge is -2.42. The van der Waals surface area contributed by atoms with E-state index in [9.17, 15) is 9.59 Å². The van der Waals surface area contributed by atoms with Gasteiger partial charge in [0.05, 0.1) is 8.07 Å². The number of carbonyl (C=O) groups excluding carboxylic acids is 2. The zero-order chi connectivity index (χ0) is 18.5. The molecular formula is C19H30O4Si. The van der Waals surface area contributed by atoms with Crippen LogP contribution in [0, 0.1) is 5.92 Å². The third-order valence-corrected chi connectivity index (χ3v) is 9.02. The van der Waals surface area contributed by atoms with Gasteiger partial charge in [0.25, 0.3) is 0 Å². The van der Waals surface area contributed by atoms with Crippen LogP contribution in [0.2, 0.25) is 18.6 Å². The Morgan fingerprint density at radius 3 is 1.83 bits per heavy atom. The minimum atomic E-state index is -1.98. The molecule has 0 saturated carbocycles. The van der Waals surface area contributed by atoms with E-state index in [1.165, 1.54) is 19.0 Å². The zero-order valence-corrected chi connectivity index (χ0v) is 16.8. The van der Waals surface area contributed by atoms with E-state index >= 15 is 0 Å². The van der Waals surface area contributed by atoms with Crippen LogP contribution in [0.5, 0.6) is 0 Å². The first-order chi connectivity index (χ1) is 11.1. The fourth-order valence-electron chi connectivity index (χ4n) is 3.67. The first kappa shape index (κ1) is 20.4. The summed E-state index contributed by atoms with van der Waals surface area (Å²) in [6.07, 6.45) is -0.928. The molecule has 4 nitrogen and oxygen atoms in total. The molecule has 0 bridgehead atoms. The number of hydrogen-bond donors (Lipinski definition) is 0. The second-order valence-corrected chi connectivity index (χ2v) is 11.9. The van der Waals surface area contributed by atoms with E-state index < -0.39 is 20.3 Å². The predicted molar refractivity (Wildman–Crippen MR) is 98.9 cm³/mol. The summed E-state index contributed by atoms with van der Waals surface area (Å²) in [5.41, 5.74) is 0.123. The molecular weight excluding hydrogens is 320 g/mol. The third-order valence-electron chi connectivity index (χ3n) is 4.54. The fourth-order valence-corrected chi connectivity index (χ4v) is 7.93. The van der Waals surface area contributed by atoms with Gasteiger partial charge in [-0.2, -0.15) is 0 Å². The lowest BCUT2D eigenvalue weighted by Crippen LogP contribution is -2.55. The lowest BCUT2D eigenvalue weighted by molar-refractivity contribution is -0.165. The van der Waals surface area contributed by atoms with Crippen LogP contribution in [-0.2, 0) is 19.1 Å². The van der Waals surface area contributed by atoms with Gasteiger partial charge in [-0.15, -0.1) is 0 Å². The van der Waals surface area contributed by atoms with Crippen molar-refractivity contribution in [2.24, 2.45) is 5.92 Å². The number of rotatable bonds is 7. The average Bonchev–Trinajstić information content (AvgIpc) is 2.45. The summed E-state index contributed by atoms with van der Waals surface area (Å²) >= 11 is 0. The van der Waals surface area contributed by atoms with Crippen LogP contribution in [0.3, 0.4) is 0 Å². The molecule has 5 heteroatoms. The molecule has 134 valence electrons. The molecule has 0 saturated heterocycles. The van der Waals surface area contributed by atoms with Gasteiger partial charge in [-0.25, -0.2) is 0 Å². The second-order valence-electron chi connectivity index (χ2n) is 7.25. The minimum absolute atomic E-state index is 0.123. The second kappa shape index (κ2) is 8.47. The highest BCUT2D eigenvalue weighted by Gasteiger charge is 2.45. The quantitative estimate of drug-likeness (QED) is 0.558. The van der Waals surface area contributed by atoms with E-state index in [4.69, 9.17) is 9.47 Å². The van der Waals surface area contributed by atoms with Crippen LogP contribution < -0.4 is 5.19 Å². The molecule has 0 aliphatic carbocycles. The molecule has 0 heterocycles. The van der Waals surface area contributed by atoms with Gasteiger partial charge in [-0.3, -0.25) is 9.59 Å². The normalized spacial score (nSPS) is 15.5. The van der Waals surface area contributed by atoms with Crippen molar-refractivity contribution in [3.05, 3.63) is 30.3 Å². The predicted octanol–water partition coefficient (Wildman–Crippen LogP) is 3.51. The highest BCUT2D eigenvalue weighted by molar-refractivity contribution is 6.91. The summed E-state index contributed by atoms with van der Waals surface area (Å²) in [5.74, 6) is -0.418. The first-order valence-electron chi connectivity index (χ1n) is 8.47. The maximum Gasteiger partial charge on any atom is 0.303 e.